The Kier molecular flexibility index (Phi) is 2.76. The van der Waals surface area contributed by atoms with Crippen molar-refractivity contribution in [1.82, 2.24) is 20.0 Å². The Morgan fingerprint density at radius 1 is 1.44 bits per heavy atom. The summed E-state index contributed by atoms with van der Waals surface area (Å²) in [4.78, 5) is 0. The molecule has 0 radical (unpaired) electrons. The zero-order valence-electron chi connectivity index (χ0n) is 11.1. The van der Waals surface area contributed by atoms with Crippen LogP contribution < -0.4 is 5.73 Å². The maximum Gasteiger partial charge on any atom is 0.182 e. The largest absolute Gasteiger partial charge is 0.383 e. The lowest BCUT2D eigenvalue weighted by molar-refractivity contribution is 0.478. The van der Waals surface area contributed by atoms with Crippen molar-refractivity contribution in [2.45, 2.75) is 57.9 Å². The third kappa shape index (κ3) is 1.61. The first-order valence-electron chi connectivity index (χ1n) is 6.94. The van der Waals surface area contributed by atoms with Gasteiger partial charge in [-0.15, -0.1) is 0 Å². The number of hydrogen-bond donors (Lipinski definition) is 2. The molecule has 1 unspecified atom stereocenters. The van der Waals surface area contributed by atoms with Crippen molar-refractivity contribution in [3.8, 4) is 0 Å². The molecule has 18 heavy (non-hydrogen) atoms. The number of aromatic amines is 1. The molecular formula is C13H21N5. The zero-order chi connectivity index (χ0) is 12.7. The number of nitrogens with one attached hydrogen (secondary N) is 1. The van der Waals surface area contributed by atoms with Gasteiger partial charge in [0.1, 0.15) is 5.82 Å². The molecule has 1 fully saturated rings. The SMILES string of the molecule is CCC(C)n1nc(C2CCCC2)c2c(N)[nH]nc21. The van der Waals surface area contributed by atoms with Crippen LogP contribution in [0.15, 0.2) is 0 Å². The number of H-pyrrole nitrogens is 1. The second-order valence-electron chi connectivity index (χ2n) is 5.40. The number of aromatic nitrogens is 4. The van der Waals surface area contributed by atoms with E-state index < -0.39 is 0 Å². The van der Waals surface area contributed by atoms with Crippen LogP contribution >= 0.6 is 0 Å². The summed E-state index contributed by atoms with van der Waals surface area (Å²) < 4.78 is 2.04. The van der Waals surface area contributed by atoms with Crippen LogP contribution in [0.5, 0.6) is 0 Å². The second kappa shape index (κ2) is 4.30. The lowest BCUT2D eigenvalue weighted by Crippen LogP contribution is -2.07. The van der Waals surface area contributed by atoms with Gasteiger partial charge in [0.15, 0.2) is 5.65 Å². The highest BCUT2D eigenvalue weighted by Gasteiger charge is 2.27. The molecule has 0 bridgehead atoms. The van der Waals surface area contributed by atoms with E-state index in [9.17, 15) is 0 Å². The molecule has 98 valence electrons. The number of rotatable bonds is 3. The van der Waals surface area contributed by atoms with Gasteiger partial charge in [0.25, 0.3) is 0 Å². The summed E-state index contributed by atoms with van der Waals surface area (Å²) in [6, 6.07) is 0.366. The van der Waals surface area contributed by atoms with Crippen LogP contribution in [0.2, 0.25) is 0 Å². The van der Waals surface area contributed by atoms with Gasteiger partial charge < -0.3 is 5.73 Å². The first-order chi connectivity index (χ1) is 8.72. The van der Waals surface area contributed by atoms with Gasteiger partial charge in [-0.3, -0.25) is 5.10 Å². The van der Waals surface area contributed by atoms with Crippen molar-refractivity contribution in [1.29, 1.82) is 0 Å². The monoisotopic (exact) mass is 247 g/mol. The van der Waals surface area contributed by atoms with E-state index in [1.54, 1.807) is 0 Å². The van der Waals surface area contributed by atoms with E-state index >= 15 is 0 Å². The molecular weight excluding hydrogens is 226 g/mol. The van der Waals surface area contributed by atoms with Gasteiger partial charge in [-0.05, 0) is 26.2 Å². The van der Waals surface area contributed by atoms with Crippen molar-refractivity contribution < 1.29 is 0 Å². The van der Waals surface area contributed by atoms with Crippen LogP contribution in [0, 0.1) is 0 Å². The highest BCUT2D eigenvalue weighted by atomic mass is 15.4. The molecule has 2 aromatic rings. The Morgan fingerprint density at radius 3 is 2.83 bits per heavy atom. The van der Waals surface area contributed by atoms with Gasteiger partial charge in [-0.2, -0.15) is 10.2 Å². The summed E-state index contributed by atoms with van der Waals surface area (Å²) in [5.74, 6) is 1.24. The van der Waals surface area contributed by atoms with Gasteiger partial charge in [0.2, 0.25) is 0 Å². The molecule has 5 nitrogen and oxygen atoms in total. The Balaban J connectivity index is 2.15. The number of hydrogen-bond acceptors (Lipinski definition) is 3. The Morgan fingerprint density at radius 2 is 2.17 bits per heavy atom. The molecule has 1 aliphatic rings. The number of anilines is 1. The highest BCUT2D eigenvalue weighted by Crippen LogP contribution is 2.38. The first kappa shape index (κ1) is 11.6. The van der Waals surface area contributed by atoms with Crippen molar-refractivity contribution in [2.75, 3.05) is 5.73 Å². The Bertz CT molecular complexity index is 547. The van der Waals surface area contributed by atoms with E-state index in [2.05, 4.69) is 24.0 Å². The second-order valence-corrected chi connectivity index (χ2v) is 5.40. The lowest BCUT2D eigenvalue weighted by Gasteiger charge is -2.10. The molecule has 5 heteroatoms. The molecule has 1 atom stereocenters. The fourth-order valence-corrected chi connectivity index (χ4v) is 2.94. The number of fused-ring (bicyclic) bond motifs is 1. The summed E-state index contributed by atoms with van der Waals surface area (Å²) in [6.45, 7) is 4.35. The maximum absolute atomic E-state index is 6.03. The first-order valence-corrected chi connectivity index (χ1v) is 6.94. The van der Waals surface area contributed by atoms with Crippen LogP contribution in [0.1, 0.15) is 63.6 Å². The molecule has 3 rings (SSSR count). The Labute approximate surface area is 107 Å². The van der Waals surface area contributed by atoms with Crippen LogP contribution in [0.25, 0.3) is 11.0 Å². The summed E-state index contributed by atoms with van der Waals surface area (Å²) in [6.07, 6.45) is 6.13. The average molecular weight is 247 g/mol. The fraction of sp³-hybridized carbons (Fsp3) is 0.692. The summed E-state index contributed by atoms with van der Waals surface area (Å²) in [7, 11) is 0. The number of nitrogens with zero attached hydrogens (tertiary/aromatic N) is 3. The van der Waals surface area contributed by atoms with Crippen molar-refractivity contribution in [3.63, 3.8) is 0 Å². The van der Waals surface area contributed by atoms with Crippen molar-refractivity contribution in [2.24, 2.45) is 0 Å². The fourth-order valence-electron chi connectivity index (χ4n) is 2.94. The van der Waals surface area contributed by atoms with E-state index in [0.29, 0.717) is 17.8 Å². The minimum atomic E-state index is 0.366. The zero-order valence-corrected chi connectivity index (χ0v) is 11.1. The maximum atomic E-state index is 6.03. The molecule has 0 amide bonds. The predicted octanol–water partition coefficient (Wildman–Crippen LogP) is 2.97. The van der Waals surface area contributed by atoms with Crippen molar-refractivity contribution in [3.05, 3.63) is 5.69 Å². The summed E-state index contributed by atoms with van der Waals surface area (Å²) >= 11 is 0. The molecule has 2 heterocycles. The van der Waals surface area contributed by atoms with Crippen LogP contribution in [-0.4, -0.2) is 20.0 Å². The topological polar surface area (TPSA) is 72.5 Å². The normalized spacial score (nSPS) is 18.8. The van der Waals surface area contributed by atoms with Gasteiger partial charge in [0.05, 0.1) is 17.1 Å². The van der Waals surface area contributed by atoms with E-state index in [4.69, 9.17) is 10.8 Å². The van der Waals surface area contributed by atoms with E-state index in [0.717, 1.165) is 23.1 Å². The smallest absolute Gasteiger partial charge is 0.182 e. The van der Waals surface area contributed by atoms with E-state index in [1.807, 2.05) is 4.68 Å². The Hall–Kier alpha value is -1.52. The molecule has 0 aliphatic heterocycles. The minimum Gasteiger partial charge on any atom is -0.383 e. The average Bonchev–Trinajstić information content (AvgIpc) is 3.06. The van der Waals surface area contributed by atoms with Gasteiger partial charge in [-0.1, -0.05) is 19.8 Å². The van der Waals surface area contributed by atoms with E-state index in [-0.39, 0.29) is 0 Å². The van der Waals surface area contributed by atoms with Crippen LogP contribution in [-0.2, 0) is 0 Å². The molecule has 0 aromatic carbocycles. The molecule has 2 aromatic heterocycles. The summed E-state index contributed by atoms with van der Waals surface area (Å²) in [5, 5.41) is 13.1. The minimum absolute atomic E-state index is 0.366. The molecule has 1 saturated carbocycles. The molecule has 1 aliphatic carbocycles. The van der Waals surface area contributed by atoms with Gasteiger partial charge in [-0.25, -0.2) is 4.68 Å². The van der Waals surface area contributed by atoms with E-state index in [1.165, 1.54) is 25.7 Å². The quantitative estimate of drug-likeness (QED) is 0.875. The highest BCUT2D eigenvalue weighted by molar-refractivity contribution is 5.89. The van der Waals surface area contributed by atoms with Gasteiger partial charge in [0, 0.05) is 5.92 Å². The van der Waals surface area contributed by atoms with Crippen molar-refractivity contribution >= 4 is 16.9 Å². The lowest BCUT2D eigenvalue weighted by atomic mass is 10.0. The number of nitrogen functional groups attached to an aromatic ring is 1. The van der Waals surface area contributed by atoms with Gasteiger partial charge >= 0.3 is 0 Å². The molecule has 3 N–H and O–H groups in total. The summed E-state index contributed by atoms with van der Waals surface area (Å²) in [5.41, 5.74) is 8.11. The van der Waals surface area contributed by atoms with Crippen LogP contribution in [0.4, 0.5) is 5.82 Å². The predicted molar refractivity (Wildman–Crippen MR) is 72.5 cm³/mol. The molecule has 0 saturated heterocycles. The standard InChI is InChI=1S/C13H21N5/c1-3-8(2)18-13-10(12(14)15-16-13)11(17-18)9-6-4-5-7-9/h8-9H,3-7H2,1-2H3,(H3,14,15,16). The third-order valence-corrected chi connectivity index (χ3v) is 4.21. The number of nitrogens with two attached hydrogens (primary N) is 1. The third-order valence-electron chi connectivity index (χ3n) is 4.21. The molecule has 0 spiro atoms. The van der Waals surface area contributed by atoms with Crippen LogP contribution in [0.3, 0.4) is 0 Å².